The summed E-state index contributed by atoms with van der Waals surface area (Å²) in [6, 6.07) is 15.7. The summed E-state index contributed by atoms with van der Waals surface area (Å²) in [6.07, 6.45) is 10.8. The molecule has 1 atom stereocenters. The predicted octanol–water partition coefficient (Wildman–Crippen LogP) is 3.43. The lowest BCUT2D eigenvalue weighted by Gasteiger charge is -2.19. The summed E-state index contributed by atoms with van der Waals surface area (Å²) < 4.78 is 0. The van der Waals surface area contributed by atoms with Gasteiger partial charge in [-0.3, -0.25) is 14.8 Å². The second kappa shape index (κ2) is 11.3. The lowest BCUT2D eigenvalue weighted by Crippen LogP contribution is -2.39. The number of carbonyl (C=O) groups excluding carboxylic acids is 1. The van der Waals surface area contributed by atoms with Crippen LogP contribution >= 0.6 is 11.8 Å². The van der Waals surface area contributed by atoms with Crippen molar-refractivity contribution in [2.45, 2.75) is 23.8 Å². The average Bonchev–Trinajstić information content (AvgIpc) is 2.78. The average molecular weight is 407 g/mol. The molecular formula is C23H26N4OS. The monoisotopic (exact) mass is 406 g/mol. The number of hydrogen-bond acceptors (Lipinski definition) is 5. The van der Waals surface area contributed by atoms with Crippen LogP contribution in [0.25, 0.3) is 0 Å². The molecule has 0 spiro atoms. The molecule has 2 aromatic heterocycles. The van der Waals surface area contributed by atoms with Crippen molar-refractivity contribution >= 4 is 17.7 Å². The highest BCUT2D eigenvalue weighted by Crippen LogP contribution is 2.19. The van der Waals surface area contributed by atoms with E-state index in [1.807, 2.05) is 55.0 Å². The molecule has 0 radical (unpaired) electrons. The molecule has 3 aromatic rings. The highest BCUT2D eigenvalue weighted by atomic mass is 32.2. The minimum absolute atomic E-state index is 0.0167. The molecule has 2 heterocycles. The van der Waals surface area contributed by atoms with Crippen LogP contribution in [0.3, 0.4) is 0 Å². The molecule has 1 amide bonds. The molecule has 0 aliphatic rings. The summed E-state index contributed by atoms with van der Waals surface area (Å²) in [5, 5.41) is 6.47. The Morgan fingerprint density at radius 1 is 0.931 bits per heavy atom. The fraction of sp³-hybridized carbons (Fsp3) is 0.261. The smallest absolute Gasteiger partial charge is 0.241 e. The van der Waals surface area contributed by atoms with Crippen LogP contribution in [0.1, 0.15) is 22.7 Å². The summed E-state index contributed by atoms with van der Waals surface area (Å²) in [4.78, 5) is 22.4. The Morgan fingerprint density at radius 3 is 2.10 bits per heavy atom. The van der Waals surface area contributed by atoms with Crippen molar-refractivity contribution in [2.24, 2.45) is 0 Å². The molecule has 3 rings (SSSR count). The second-order valence-corrected chi connectivity index (χ2v) is 7.55. The van der Waals surface area contributed by atoms with Crippen LogP contribution in [0.4, 0.5) is 0 Å². The third-order valence-corrected chi connectivity index (χ3v) is 5.38. The van der Waals surface area contributed by atoms with Crippen LogP contribution in [0.5, 0.6) is 0 Å². The summed E-state index contributed by atoms with van der Waals surface area (Å²) in [7, 11) is 0. The summed E-state index contributed by atoms with van der Waals surface area (Å²) in [6.45, 7) is 1.27. The van der Waals surface area contributed by atoms with Crippen molar-refractivity contribution in [2.75, 3.05) is 19.3 Å². The number of nitrogens with zero attached hydrogens (tertiary/aromatic N) is 2. The van der Waals surface area contributed by atoms with Crippen LogP contribution in [0, 0.1) is 0 Å². The van der Waals surface area contributed by atoms with E-state index in [9.17, 15) is 4.79 Å². The highest BCUT2D eigenvalue weighted by Gasteiger charge is 2.19. The summed E-state index contributed by atoms with van der Waals surface area (Å²) in [5.41, 5.74) is 3.22. The van der Waals surface area contributed by atoms with E-state index in [2.05, 4.69) is 32.7 Å². The Labute approximate surface area is 176 Å². The molecule has 0 aliphatic heterocycles. The molecule has 0 aliphatic carbocycles. The topological polar surface area (TPSA) is 66.9 Å². The SMILES string of the molecule is CSc1ccc(C(NCCc2cccnc2)C(=O)NCCc2cccnc2)cc1. The molecule has 1 aromatic carbocycles. The lowest BCUT2D eigenvalue weighted by molar-refractivity contribution is -0.123. The van der Waals surface area contributed by atoms with Gasteiger partial charge in [0.05, 0.1) is 0 Å². The number of thioether (sulfide) groups is 1. The van der Waals surface area contributed by atoms with Crippen LogP contribution in [0.2, 0.25) is 0 Å². The molecule has 0 fully saturated rings. The van der Waals surface area contributed by atoms with Gasteiger partial charge in [0, 0.05) is 42.8 Å². The van der Waals surface area contributed by atoms with Crippen molar-refractivity contribution in [1.29, 1.82) is 0 Å². The number of hydrogen-bond donors (Lipinski definition) is 2. The number of aromatic nitrogens is 2. The van der Waals surface area contributed by atoms with Crippen LogP contribution < -0.4 is 10.6 Å². The van der Waals surface area contributed by atoms with E-state index in [4.69, 9.17) is 0 Å². The molecule has 29 heavy (non-hydrogen) atoms. The first-order valence-electron chi connectivity index (χ1n) is 9.69. The molecule has 0 saturated carbocycles. The van der Waals surface area contributed by atoms with Crippen molar-refractivity contribution in [1.82, 2.24) is 20.6 Å². The van der Waals surface area contributed by atoms with Gasteiger partial charge in [0.25, 0.3) is 0 Å². The molecule has 0 bridgehead atoms. The Morgan fingerprint density at radius 2 is 1.55 bits per heavy atom. The van der Waals surface area contributed by atoms with Gasteiger partial charge < -0.3 is 10.6 Å². The minimum Gasteiger partial charge on any atom is -0.354 e. The van der Waals surface area contributed by atoms with Crippen molar-refractivity contribution in [3.63, 3.8) is 0 Å². The minimum atomic E-state index is -0.392. The quantitative estimate of drug-likeness (QED) is 0.505. The Bertz CT molecular complexity index is 872. The van der Waals surface area contributed by atoms with Gasteiger partial charge in [-0.1, -0.05) is 24.3 Å². The number of pyridine rings is 2. The van der Waals surface area contributed by atoms with E-state index in [0.29, 0.717) is 13.1 Å². The zero-order valence-electron chi connectivity index (χ0n) is 16.5. The maximum Gasteiger partial charge on any atom is 0.241 e. The van der Waals surface area contributed by atoms with Crippen LogP contribution in [-0.2, 0) is 17.6 Å². The molecule has 0 saturated heterocycles. The van der Waals surface area contributed by atoms with Crippen molar-refractivity contribution < 1.29 is 4.79 Å². The van der Waals surface area contributed by atoms with Gasteiger partial charge in [0.1, 0.15) is 6.04 Å². The predicted molar refractivity (Wildman–Crippen MR) is 118 cm³/mol. The number of benzene rings is 1. The van der Waals surface area contributed by atoms with Crippen LogP contribution in [-0.4, -0.2) is 35.2 Å². The van der Waals surface area contributed by atoms with E-state index in [0.717, 1.165) is 29.5 Å². The normalized spacial score (nSPS) is 11.8. The van der Waals surface area contributed by atoms with Crippen LogP contribution in [0.15, 0.2) is 78.2 Å². The summed E-state index contributed by atoms with van der Waals surface area (Å²) >= 11 is 1.69. The van der Waals surface area contributed by atoms with Gasteiger partial charge in [-0.15, -0.1) is 11.8 Å². The maximum atomic E-state index is 12.9. The first-order valence-corrected chi connectivity index (χ1v) is 10.9. The second-order valence-electron chi connectivity index (χ2n) is 6.67. The third kappa shape index (κ3) is 6.69. The fourth-order valence-corrected chi connectivity index (χ4v) is 3.45. The third-order valence-electron chi connectivity index (χ3n) is 4.63. The van der Waals surface area contributed by atoms with Gasteiger partial charge in [-0.25, -0.2) is 0 Å². The van der Waals surface area contributed by atoms with Gasteiger partial charge in [-0.2, -0.15) is 0 Å². The van der Waals surface area contributed by atoms with E-state index >= 15 is 0 Å². The molecule has 1 unspecified atom stereocenters. The number of amides is 1. The molecule has 2 N–H and O–H groups in total. The molecular weight excluding hydrogens is 380 g/mol. The first kappa shape index (κ1) is 21.0. The zero-order chi connectivity index (χ0) is 20.3. The van der Waals surface area contributed by atoms with Crippen molar-refractivity contribution in [3.8, 4) is 0 Å². The van der Waals surface area contributed by atoms with E-state index < -0.39 is 6.04 Å². The maximum absolute atomic E-state index is 12.9. The molecule has 6 heteroatoms. The first-order chi connectivity index (χ1) is 14.3. The van der Waals surface area contributed by atoms with E-state index in [1.165, 1.54) is 4.90 Å². The van der Waals surface area contributed by atoms with Gasteiger partial charge in [0.15, 0.2) is 0 Å². The van der Waals surface area contributed by atoms with Gasteiger partial charge >= 0.3 is 0 Å². The molecule has 150 valence electrons. The van der Waals surface area contributed by atoms with E-state index in [-0.39, 0.29) is 5.91 Å². The van der Waals surface area contributed by atoms with Crippen molar-refractivity contribution in [3.05, 3.63) is 90.0 Å². The lowest BCUT2D eigenvalue weighted by atomic mass is 10.1. The largest absolute Gasteiger partial charge is 0.354 e. The molecule has 5 nitrogen and oxygen atoms in total. The Kier molecular flexibility index (Phi) is 8.22. The Hall–Kier alpha value is -2.70. The van der Waals surface area contributed by atoms with E-state index in [1.54, 1.807) is 24.2 Å². The standard InChI is InChI=1S/C23H26N4OS/c1-29-21-8-6-20(7-9-21)22(26-14-10-18-4-2-12-24-16-18)23(28)27-15-11-19-5-3-13-25-17-19/h2-9,12-13,16-17,22,26H,10-11,14-15H2,1H3,(H,27,28). The Balaban J connectivity index is 1.61. The number of rotatable bonds is 10. The number of carbonyl (C=O) groups is 1. The highest BCUT2D eigenvalue weighted by molar-refractivity contribution is 7.98. The number of nitrogens with one attached hydrogen (secondary N) is 2. The van der Waals surface area contributed by atoms with Gasteiger partial charge in [0.2, 0.25) is 5.91 Å². The van der Waals surface area contributed by atoms with Gasteiger partial charge in [-0.05, 0) is 60.1 Å². The fourth-order valence-electron chi connectivity index (χ4n) is 3.04. The zero-order valence-corrected chi connectivity index (χ0v) is 17.4. The summed E-state index contributed by atoms with van der Waals surface area (Å²) in [5.74, 6) is -0.0167.